The molecule has 3 amide bonds. The molecule has 0 spiro atoms. The number of nitrogens with two attached hydrogens (primary N) is 1. The van der Waals surface area contributed by atoms with Crippen LogP contribution >= 0.6 is 0 Å². The van der Waals surface area contributed by atoms with E-state index in [0.717, 1.165) is 23.8 Å². The Kier molecular flexibility index (Phi) is 12.5. The number of hydrogen-bond donors (Lipinski definition) is 5. The van der Waals surface area contributed by atoms with E-state index in [2.05, 4.69) is 16.0 Å². The van der Waals surface area contributed by atoms with Crippen molar-refractivity contribution in [1.82, 2.24) is 16.0 Å². The summed E-state index contributed by atoms with van der Waals surface area (Å²) in [5.41, 5.74) is 6.41. The molecule has 2 rings (SSSR count). The van der Waals surface area contributed by atoms with Crippen molar-refractivity contribution in [2.24, 2.45) is 11.1 Å². The van der Waals surface area contributed by atoms with Gasteiger partial charge in [-0.2, -0.15) is 0 Å². The third-order valence-corrected chi connectivity index (χ3v) is 6.24. The van der Waals surface area contributed by atoms with Crippen molar-refractivity contribution in [2.75, 3.05) is 13.1 Å². The Morgan fingerprint density at radius 2 is 1.64 bits per heavy atom. The number of aliphatic hydroxyl groups excluding tert-OH is 1. The highest BCUT2D eigenvalue weighted by molar-refractivity contribution is 5.81. The lowest BCUT2D eigenvalue weighted by atomic mass is 9.92. The van der Waals surface area contributed by atoms with E-state index >= 15 is 0 Å². The molecule has 214 valence electrons. The quantitative estimate of drug-likeness (QED) is 0.234. The van der Waals surface area contributed by atoms with Crippen LogP contribution in [0.2, 0.25) is 0 Å². The number of carbonyl (C=O) groups excluding carboxylic acids is 3. The Labute approximate surface area is 228 Å². The summed E-state index contributed by atoms with van der Waals surface area (Å²) in [6.07, 6.45) is -0.396. The van der Waals surface area contributed by atoms with Gasteiger partial charge < -0.3 is 26.8 Å². The minimum atomic E-state index is -1.40. The Hall–Kier alpha value is -3.37. The third kappa shape index (κ3) is 11.5. The Morgan fingerprint density at radius 3 is 2.31 bits per heavy atom. The molecular formula is C29H40F2N4O4. The zero-order valence-electron chi connectivity index (χ0n) is 22.8. The van der Waals surface area contributed by atoms with Gasteiger partial charge in [-0.1, -0.05) is 51.1 Å². The van der Waals surface area contributed by atoms with E-state index < -0.39 is 47.1 Å². The molecule has 3 unspecified atom stereocenters. The van der Waals surface area contributed by atoms with Gasteiger partial charge in [0.1, 0.15) is 17.7 Å². The smallest absolute Gasteiger partial charge is 0.250 e. The number of benzene rings is 2. The average Bonchev–Trinajstić information content (AvgIpc) is 2.88. The maximum atomic E-state index is 14.2. The lowest BCUT2D eigenvalue weighted by Crippen LogP contribution is -2.50. The summed E-state index contributed by atoms with van der Waals surface area (Å²) in [5, 5.41) is 18.5. The summed E-state index contributed by atoms with van der Waals surface area (Å²) in [5.74, 6) is -2.50. The first-order valence-corrected chi connectivity index (χ1v) is 13.2. The van der Waals surface area contributed by atoms with Crippen molar-refractivity contribution in [3.05, 3.63) is 71.3 Å². The van der Waals surface area contributed by atoms with Crippen molar-refractivity contribution in [2.45, 2.75) is 71.1 Å². The monoisotopic (exact) mass is 546 g/mol. The predicted octanol–water partition coefficient (Wildman–Crippen LogP) is 2.37. The van der Waals surface area contributed by atoms with Crippen molar-refractivity contribution in [1.29, 1.82) is 0 Å². The molecule has 6 N–H and O–H groups in total. The molecule has 2 aromatic carbocycles. The molecule has 2 aromatic rings. The molecule has 3 atom stereocenters. The molecule has 39 heavy (non-hydrogen) atoms. The molecular weight excluding hydrogens is 506 g/mol. The first kappa shape index (κ1) is 31.8. The van der Waals surface area contributed by atoms with Gasteiger partial charge in [-0.15, -0.1) is 0 Å². The molecule has 0 radical (unpaired) electrons. The van der Waals surface area contributed by atoms with Crippen LogP contribution in [0.1, 0.15) is 51.2 Å². The summed E-state index contributed by atoms with van der Waals surface area (Å²) in [6, 6.07) is 10.9. The molecule has 0 fully saturated rings. The van der Waals surface area contributed by atoms with Crippen molar-refractivity contribution >= 4 is 17.7 Å². The Bertz CT molecular complexity index is 1100. The fourth-order valence-corrected chi connectivity index (χ4v) is 3.99. The van der Waals surface area contributed by atoms with Gasteiger partial charge in [-0.25, -0.2) is 8.78 Å². The number of aliphatic hydroxyl groups is 1. The highest BCUT2D eigenvalue weighted by Gasteiger charge is 2.27. The molecule has 0 saturated carbocycles. The van der Waals surface area contributed by atoms with E-state index in [1.165, 1.54) is 0 Å². The van der Waals surface area contributed by atoms with E-state index in [0.29, 0.717) is 12.8 Å². The van der Waals surface area contributed by atoms with E-state index in [-0.39, 0.29) is 43.8 Å². The first-order chi connectivity index (χ1) is 18.4. The second-order valence-corrected chi connectivity index (χ2v) is 10.6. The molecule has 0 aliphatic carbocycles. The topological polar surface area (TPSA) is 134 Å². The van der Waals surface area contributed by atoms with Crippen LogP contribution in [0.4, 0.5) is 8.78 Å². The van der Waals surface area contributed by atoms with Crippen LogP contribution in [0.25, 0.3) is 0 Å². The number of amides is 3. The number of carbonyl (C=O) groups is 3. The van der Waals surface area contributed by atoms with Crippen LogP contribution in [0.15, 0.2) is 48.5 Å². The van der Waals surface area contributed by atoms with Crippen LogP contribution in [-0.2, 0) is 27.2 Å². The van der Waals surface area contributed by atoms with Gasteiger partial charge in [0.25, 0.3) is 0 Å². The zero-order valence-corrected chi connectivity index (χ0v) is 22.8. The predicted molar refractivity (Wildman–Crippen MR) is 145 cm³/mol. The number of hydrogen-bond acceptors (Lipinski definition) is 5. The molecule has 0 bridgehead atoms. The number of rotatable bonds is 15. The summed E-state index contributed by atoms with van der Waals surface area (Å²) >= 11 is 0. The number of nitrogens with one attached hydrogen (secondary N) is 3. The van der Waals surface area contributed by atoms with E-state index in [1.807, 2.05) is 51.1 Å². The van der Waals surface area contributed by atoms with Gasteiger partial charge in [0.2, 0.25) is 17.7 Å². The summed E-state index contributed by atoms with van der Waals surface area (Å²) in [6.45, 7) is 5.83. The largest absolute Gasteiger partial charge is 0.382 e. The maximum Gasteiger partial charge on any atom is 0.250 e. The van der Waals surface area contributed by atoms with Gasteiger partial charge in [0.15, 0.2) is 0 Å². The van der Waals surface area contributed by atoms with Crippen LogP contribution in [-0.4, -0.2) is 54.1 Å². The molecule has 0 heterocycles. The highest BCUT2D eigenvalue weighted by Crippen LogP contribution is 2.15. The van der Waals surface area contributed by atoms with E-state index in [4.69, 9.17) is 5.73 Å². The van der Waals surface area contributed by atoms with Crippen LogP contribution in [0.5, 0.6) is 0 Å². The lowest BCUT2D eigenvalue weighted by Gasteiger charge is -2.27. The van der Waals surface area contributed by atoms with Gasteiger partial charge in [0, 0.05) is 38.0 Å². The van der Waals surface area contributed by atoms with Crippen molar-refractivity contribution < 1.29 is 28.3 Å². The lowest BCUT2D eigenvalue weighted by molar-refractivity contribution is -0.130. The van der Waals surface area contributed by atoms with E-state index in [1.54, 1.807) is 0 Å². The zero-order chi connectivity index (χ0) is 29.0. The van der Waals surface area contributed by atoms with Gasteiger partial charge in [0.05, 0.1) is 0 Å². The number of halogens is 2. The Morgan fingerprint density at radius 1 is 0.974 bits per heavy atom. The van der Waals surface area contributed by atoms with Crippen LogP contribution < -0.4 is 21.7 Å². The van der Waals surface area contributed by atoms with Gasteiger partial charge in [-0.3, -0.25) is 14.4 Å². The van der Waals surface area contributed by atoms with E-state index in [9.17, 15) is 28.3 Å². The molecule has 0 aliphatic rings. The Balaban J connectivity index is 1.88. The molecule has 0 saturated heterocycles. The van der Waals surface area contributed by atoms with Crippen LogP contribution in [0, 0.1) is 17.0 Å². The minimum absolute atomic E-state index is 0.0486. The third-order valence-electron chi connectivity index (χ3n) is 6.24. The van der Waals surface area contributed by atoms with Crippen molar-refractivity contribution in [3.63, 3.8) is 0 Å². The van der Waals surface area contributed by atoms with Crippen LogP contribution in [0.3, 0.4) is 0 Å². The first-order valence-electron chi connectivity index (χ1n) is 13.2. The second-order valence-electron chi connectivity index (χ2n) is 10.6. The molecule has 0 aromatic heterocycles. The molecule has 0 aliphatic heterocycles. The molecule has 8 nitrogen and oxygen atoms in total. The fourth-order valence-electron chi connectivity index (χ4n) is 3.99. The van der Waals surface area contributed by atoms with Gasteiger partial charge in [-0.05, 0) is 54.0 Å². The maximum absolute atomic E-state index is 14.2. The summed E-state index contributed by atoms with van der Waals surface area (Å²) in [7, 11) is 0. The standard InChI is InChI=1S/C29H40F2N4O4/c1-4-8-25(36)35-22(15-20-14-21(30)11-12-23(20)31)16-26(37)33-17-29(2,3)18-34-28(39)27(38)24(32)13-19-9-6-5-7-10-19/h5-7,9-12,14,22,24,27,38H,4,8,13,15-18,32H2,1-3H3,(H,33,37)(H,34,39)(H,35,36). The molecule has 10 heteroatoms. The summed E-state index contributed by atoms with van der Waals surface area (Å²) < 4.78 is 27.8. The highest BCUT2D eigenvalue weighted by atomic mass is 19.1. The second kappa shape index (κ2) is 15.3. The SMILES string of the molecule is CCCC(=O)NC(CC(=O)NCC(C)(C)CNC(=O)C(O)C(N)Cc1ccccc1)Cc1cc(F)ccc1F. The summed E-state index contributed by atoms with van der Waals surface area (Å²) in [4.78, 5) is 37.3. The van der Waals surface area contributed by atoms with Gasteiger partial charge >= 0.3 is 0 Å². The minimum Gasteiger partial charge on any atom is -0.382 e. The van der Waals surface area contributed by atoms with Crippen molar-refractivity contribution in [3.8, 4) is 0 Å². The average molecular weight is 547 g/mol. The normalized spacial score (nSPS) is 13.7. The fraction of sp³-hybridized carbons (Fsp3) is 0.483.